The van der Waals surface area contributed by atoms with E-state index in [4.69, 9.17) is 5.73 Å². The SMILES string of the molecule is CCC(C)C(N)C(=O)NCC(c1ccsc1)N(CC)CC. The Morgan fingerprint density at radius 2 is 2.05 bits per heavy atom. The highest BCUT2D eigenvalue weighted by Gasteiger charge is 2.23. The van der Waals surface area contributed by atoms with Gasteiger partial charge in [0.2, 0.25) is 5.91 Å². The molecular formula is C16H29N3OS. The summed E-state index contributed by atoms with van der Waals surface area (Å²) in [6.45, 7) is 10.9. The first-order valence-corrected chi connectivity index (χ1v) is 8.78. The summed E-state index contributed by atoms with van der Waals surface area (Å²) in [6.07, 6.45) is 0.915. The summed E-state index contributed by atoms with van der Waals surface area (Å²) in [5.41, 5.74) is 7.26. The minimum Gasteiger partial charge on any atom is -0.353 e. The second-order valence-electron chi connectivity index (χ2n) is 5.45. The van der Waals surface area contributed by atoms with Gasteiger partial charge in [-0.05, 0) is 41.4 Å². The molecule has 1 heterocycles. The van der Waals surface area contributed by atoms with Crippen LogP contribution in [0, 0.1) is 5.92 Å². The lowest BCUT2D eigenvalue weighted by atomic mass is 9.99. The number of amides is 1. The Labute approximate surface area is 132 Å². The van der Waals surface area contributed by atoms with Crippen LogP contribution in [0.25, 0.3) is 0 Å². The highest BCUT2D eigenvalue weighted by atomic mass is 32.1. The summed E-state index contributed by atoms with van der Waals surface area (Å²) in [7, 11) is 0. The molecule has 5 heteroatoms. The van der Waals surface area contributed by atoms with E-state index in [9.17, 15) is 4.79 Å². The zero-order chi connectivity index (χ0) is 15.8. The molecule has 0 aliphatic heterocycles. The van der Waals surface area contributed by atoms with Gasteiger partial charge in [0.25, 0.3) is 0 Å². The molecule has 0 spiro atoms. The quantitative estimate of drug-likeness (QED) is 0.737. The fraction of sp³-hybridized carbons (Fsp3) is 0.688. The maximum absolute atomic E-state index is 12.2. The average molecular weight is 311 g/mol. The van der Waals surface area contributed by atoms with E-state index in [2.05, 4.69) is 47.8 Å². The zero-order valence-corrected chi connectivity index (χ0v) is 14.5. The van der Waals surface area contributed by atoms with E-state index < -0.39 is 6.04 Å². The van der Waals surface area contributed by atoms with E-state index in [0.29, 0.717) is 6.54 Å². The van der Waals surface area contributed by atoms with Crippen LogP contribution in [-0.4, -0.2) is 36.5 Å². The molecule has 21 heavy (non-hydrogen) atoms. The van der Waals surface area contributed by atoms with Crippen LogP contribution in [0.1, 0.15) is 45.7 Å². The number of carbonyl (C=O) groups is 1. The van der Waals surface area contributed by atoms with Crippen LogP contribution in [-0.2, 0) is 4.79 Å². The van der Waals surface area contributed by atoms with Gasteiger partial charge < -0.3 is 11.1 Å². The molecule has 3 N–H and O–H groups in total. The predicted molar refractivity (Wildman–Crippen MR) is 90.4 cm³/mol. The van der Waals surface area contributed by atoms with Gasteiger partial charge in [-0.2, -0.15) is 11.3 Å². The molecule has 0 aromatic carbocycles. The Morgan fingerprint density at radius 3 is 2.52 bits per heavy atom. The van der Waals surface area contributed by atoms with Crippen molar-refractivity contribution in [2.45, 2.75) is 46.2 Å². The fourth-order valence-electron chi connectivity index (χ4n) is 2.41. The second-order valence-corrected chi connectivity index (χ2v) is 6.23. The van der Waals surface area contributed by atoms with Gasteiger partial charge in [0, 0.05) is 6.54 Å². The first-order valence-electron chi connectivity index (χ1n) is 7.84. The molecule has 0 fully saturated rings. The largest absolute Gasteiger partial charge is 0.353 e. The Hall–Kier alpha value is -0.910. The molecule has 1 rings (SSSR count). The molecule has 1 amide bonds. The van der Waals surface area contributed by atoms with Gasteiger partial charge in [-0.1, -0.05) is 34.1 Å². The molecule has 3 atom stereocenters. The third-order valence-corrected chi connectivity index (χ3v) is 4.91. The first kappa shape index (κ1) is 18.1. The molecule has 0 aliphatic carbocycles. The van der Waals surface area contributed by atoms with E-state index >= 15 is 0 Å². The van der Waals surface area contributed by atoms with Gasteiger partial charge in [-0.3, -0.25) is 9.69 Å². The van der Waals surface area contributed by atoms with E-state index in [-0.39, 0.29) is 17.9 Å². The van der Waals surface area contributed by atoms with E-state index in [1.165, 1.54) is 5.56 Å². The third-order valence-electron chi connectivity index (χ3n) is 4.21. The normalized spacial score (nSPS) is 15.7. The molecule has 3 unspecified atom stereocenters. The van der Waals surface area contributed by atoms with Crippen molar-refractivity contribution in [1.29, 1.82) is 0 Å². The number of carbonyl (C=O) groups excluding carboxylic acids is 1. The lowest BCUT2D eigenvalue weighted by molar-refractivity contribution is -0.123. The molecule has 1 aromatic heterocycles. The monoisotopic (exact) mass is 311 g/mol. The summed E-state index contributed by atoms with van der Waals surface area (Å²) in [4.78, 5) is 14.5. The lowest BCUT2D eigenvalue weighted by Crippen LogP contribution is -2.47. The van der Waals surface area contributed by atoms with Gasteiger partial charge in [0.05, 0.1) is 12.1 Å². The molecule has 1 aromatic rings. The Kier molecular flexibility index (Phi) is 7.93. The van der Waals surface area contributed by atoms with Crippen molar-refractivity contribution in [2.75, 3.05) is 19.6 Å². The van der Waals surface area contributed by atoms with Crippen molar-refractivity contribution in [2.24, 2.45) is 11.7 Å². The summed E-state index contributed by atoms with van der Waals surface area (Å²) < 4.78 is 0. The highest BCUT2D eigenvalue weighted by molar-refractivity contribution is 7.07. The third kappa shape index (κ3) is 5.09. The van der Waals surface area contributed by atoms with Crippen molar-refractivity contribution >= 4 is 17.2 Å². The second kappa shape index (κ2) is 9.18. The predicted octanol–water partition coefficient (Wildman–Crippen LogP) is 2.62. The van der Waals surface area contributed by atoms with Crippen LogP contribution in [0.5, 0.6) is 0 Å². The minimum atomic E-state index is -0.421. The number of nitrogens with two attached hydrogens (primary N) is 1. The van der Waals surface area contributed by atoms with Crippen LogP contribution in [0.3, 0.4) is 0 Å². The smallest absolute Gasteiger partial charge is 0.237 e. The number of nitrogens with zero attached hydrogens (tertiary/aromatic N) is 1. The summed E-state index contributed by atoms with van der Waals surface area (Å²) in [5, 5.41) is 7.27. The van der Waals surface area contributed by atoms with Crippen LogP contribution in [0.15, 0.2) is 16.8 Å². The van der Waals surface area contributed by atoms with Crippen molar-refractivity contribution in [3.8, 4) is 0 Å². The summed E-state index contributed by atoms with van der Waals surface area (Å²) in [6, 6.07) is 1.93. The Morgan fingerprint density at radius 1 is 1.38 bits per heavy atom. The number of thiophene rings is 1. The fourth-order valence-corrected chi connectivity index (χ4v) is 3.12. The van der Waals surface area contributed by atoms with Crippen LogP contribution < -0.4 is 11.1 Å². The lowest BCUT2D eigenvalue weighted by Gasteiger charge is -2.30. The van der Waals surface area contributed by atoms with E-state index in [0.717, 1.165) is 19.5 Å². The minimum absolute atomic E-state index is 0.0447. The highest BCUT2D eigenvalue weighted by Crippen LogP contribution is 2.22. The summed E-state index contributed by atoms with van der Waals surface area (Å²) >= 11 is 1.69. The van der Waals surface area contributed by atoms with Crippen LogP contribution in [0.4, 0.5) is 0 Å². The average Bonchev–Trinajstić information content (AvgIpc) is 3.03. The number of likely N-dealkylation sites (N-methyl/N-ethyl adjacent to an activating group) is 1. The van der Waals surface area contributed by atoms with Crippen LogP contribution >= 0.6 is 11.3 Å². The number of hydrogen-bond acceptors (Lipinski definition) is 4. The Balaban J connectivity index is 2.68. The molecule has 0 bridgehead atoms. The number of hydrogen-bond donors (Lipinski definition) is 2. The maximum Gasteiger partial charge on any atom is 0.237 e. The van der Waals surface area contributed by atoms with E-state index in [1.54, 1.807) is 11.3 Å². The molecule has 0 saturated carbocycles. The van der Waals surface area contributed by atoms with Crippen molar-refractivity contribution < 1.29 is 4.79 Å². The molecule has 0 radical (unpaired) electrons. The molecule has 0 aliphatic rings. The summed E-state index contributed by atoms with van der Waals surface area (Å²) in [5.74, 6) is 0.162. The van der Waals surface area contributed by atoms with Gasteiger partial charge in [-0.25, -0.2) is 0 Å². The zero-order valence-electron chi connectivity index (χ0n) is 13.6. The molecule has 0 saturated heterocycles. The Bertz CT molecular complexity index is 404. The van der Waals surface area contributed by atoms with Gasteiger partial charge in [0.1, 0.15) is 0 Å². The van der Waals surface area contributed by atoms with E-state index in [1.807, 2.05) is 6.92 Å². The number of nitrogens with one attached hydrogen (secondary N) is 1. The molecular weight excluding hydrogens is 282 g/mol. The first-order chi connectivity index (χ1) is 10.0. The molecule has 4 nitrogen and oxygen atoms in total. The van der Waals surface area contributed by atoms with Gasteiger partial charge in [0.15, 0.2) is 0 Å². The van der Waals surface area contributed by atoms with Crippen molar-refractivity contribution in [3.63, 3.8) is 0 Å². The standard InChI is InChI=1S/C16H29N3OS/c1-5-12(4)15(17)16(20)18-10-14(19(6-2)7-3)13-8-9-21-11-13/h8-9,11-12,14-15H,5-7,10,17H2,1-4H3,(H,18,20). The van der Waals surface area contributed by atoms with Crippen LogP contribution in [0.2, 0.25) is 0 Å². The van der Waals surface area contributed by atoms with Gasteiger partial charge in [-0.15, -0.1) is 0 Å². The van der Waals surface area contributed by atoms with Crippen molar-refractivity contribution in [3.05, 3.63) is 22.4 Å². The topological polar surface area (TPSA) is 58.4 Å². The number of rotatable bonds is 9. The molecule has 120 valence electrons. The van der Waals surface area contributed by atoms with Gasteiger partial charge >= 0.3 is 0 Å². The maximum atomic E-state index is 12.2. The van der Waals surface area contributed by atoms with Crippen molar-refractivity contribution in [1.82, 2.24) is 10.2 Å².